The van der Waals surface area contributed by atoms with Crippen LogP contribution < -0.4 is 11.2 Å². The number of ether oxygens (including phenoxy) is 6. The lowest BCUT2D eigenvalue weighted by molar-refractivity contribution is -0.258. The smallest absolute Gasteiger partial charge is 0.463 e. The van der Waals surface area contributed by atoms with E-state index in [-0.39, 0.29) is 24.5 Å². The van der Waals surface area contributed by atoms with E-state index in [0.29, 0.717) is 0 Å². The predicted molar refractivity (Wildman–Crippen MR) is 137 cm³/mol. The number of esters is 1. The van der Waals surface area contributed by atoms with Crippen LogP contribution in [0.5, 0.6) is 0 Å². The van der Waals surface area contributed by atoms with Crippen LogP contribution in [0, 0.1) is 6.92 Å². The summed E-state index contributed by atoms with van der Waals surface area (Å²) < 4.78 is 35.5. The topological polar surface area (TPSA) is 134 Å². The van der Waals surface area contributed by atoms with E-state index < -0.39 is 54.2 Å². The molecule has 3 heterocycles. The molecule has 0 saturated carbocycles. The highest BCUT2D eigenvalue weighted by atomic mass is 16.8. The standard InChI is InChI=1S/C28H26N2O10/c1-3-37-28(16-36-25(32)20-12-8-5-9-13-20)22-21(38-27(34)39-22)24(40-28)29-14-18(2)23(31)30(26(29)33)17-35-15-19-10-6-4-7-11-19/h3-14,21-22,24H,1,15-17H2,2H3/t21-,22?,24+,28+/m0/s1. The first kappa shape index (κ1) is 26.9. The second kappa shape index (κ2) is 11.2. The minimum Gasteiger partial charge on any atom is -0.463 e. The fourth-order valence-corrected chi connectivity index (χ4v) is 4.57. The van der Waals surface area contributed by atoms with Gasteiger partial charge in [0, 0.05) is 11.8 Å². The number of carbonyl (C=O) groups excluding carboxylic acids is 2. The molecular formula is C28H26N2O10. The molecule has 0 radical (unpaired) electrons. The van der Waals surface area contributed by atoms with Crippen LogP contribution in [0.2, 0.25) is 0 Å². The van der Waals surface area contributed by atoms with Gasteiger partial charge in [-0.05, 0) is 24.6 Å². The van der Waals surface area contributed by atoms with Crippen molar-refractivity contribution in [2.45, 2.75) is 44.5 Å². The van der Waals surface area contributed by atoms with E-state index in [1.165, 1.54) is 13.1 Å². The molecule has 1 aromatic heterocycles. The average Bonchev–Trinajstić information content (AvgIpc) is 3.49. The molecular weight excluding hydrogens is 524 g/mol. The third kappa shape index (κ3) is 5.14. The van der Waals surface area contributed by atoms with Crippen LogP contribution in [0.25, 0.3) is 0 Å². The Morgan fingerprint density at radius 2 is 1.75 bits per heavy atom. The number of fused-ring (bicyclic) bond motifs is 1. The SMILES string of the molecule is C=CO[C@]1(COC(=O)c2ccccc2)O[C@@H](n2cc(C)c(=O)n(COCc3ccccc3)c2=O)[C@H]2OC(=O)OC21. The maximum absolute atomic E-state index is 13.5. The first-order valence-corrected chi connectivity index (χ1v) is 12.3. The Morgan fingerprint density at radius 1 is 1.05 bits per heavy atom. The molecule has 0 spiro atoms. The van der Waals surface area contributed by atoms with Crippen molar-refractivity contribution in [2.75, 3.05) is 6.61 Å². The van der Waals surface area contributed by atoms with Crippen molar-refractivity contribution in [1.29, 1.82) is 0 Å². The van der Waals surface area contributed by atoms with Gasteiger partial charge in [-0.15, -0.1) is 0 Å². The molecule has 208 valence electrons. The average molecular weight is 551 g/mol. The molecule has 2 aromatic carbocycles. The summed E-state index contributed by atoms with van der Waals surface area (Å²) in [5.41, 5.74) is -0.0146. The number of carbonyl (C=O) groups is 2. The number of hydrogen-bond donors (Lipinski definition) is 0. The van der Waals surface area contributed by atoms with Gasteiger partial charge in [0.05, 0.1) is 18.4 Å². The van der Waals surface area contributed by atoms with E-state index in [2.05, 4.69) is 6.58 Å². The molecule has 0 amide bonds. The largest absolute Gasteiger partial charge is 0.509 e. The van der Waals surface area contributed by atoms with Crippen molar-refractivity contribution in [3.05, 3.63) is 117 Å². The Labute approximate surface area is 227 Å². The number of nitrogens with zero attached hydrogens (tertiary/aromatic N) is 2. The highest BCUT2D eigenvalue weighted by Gasteiger charge is 2.66. The van der Waals surface area contributed by atoms with Crippen LogP contribution in [0.1, 0.15) is 27.7 Å². The van der Waals surface area contributed by atoms with Gasteiger partial charge in [0.2, 0.25) is 6.10 Å². The number of benzene rings is 2. The van der Waals surface area contributed by atoms with E-state index in [0.717, 1.165) is 21.0 Å². The fourth-order valence-electron chi connectivity index (χ4n) is 4.57. The van der Waals surface area contributed by atoms with Crippen molar-refractivity contribution in [3.63, 3.8) is 0 Å². The predicted octanol–water partition coefficient (Wildman–Crippen LogP) is 2.64. The molecule has 0 bridgehead atoms. The lowest BCUT2D eigenvalue weighted by Gasteiger charge is -2.30. The summed E-state index contributed by atoms with van der Waals surface area (Å²) in [7, 11) is 0. The third-order valence-corrected chi connectivity index (χ3v) is 6.46. The zero-order valence-corrected chi connectivity index (χ0v) is 21.5. The van der Waals surface area contributed by atoms with Gasteiger partial charge < -0.3 is 28.4 Å². The first-order valence-electron chi connectivity index (χ1n) is 12.3. The van der Waals surface area contributed by atoms with Crippen LogP contribution in [0.3, 0.4) is 0 Å². The second-order valence-electron chi connectivity index (χ2n) is 9.12. The van der Waals surface area contributed by atoms with Gasteiger partial charge in [0.15, 0.2) is 18.9 Å². The summed E-state index contributed by atoms with van der Waals surface area (Å²) in [4.78, 5) is 51.2. The zero-order chi connectivity index (χ0) is 28.3. The highest BCUT2D eigenvalue weighted by Crippen LogP contribution is 2.45. The minimum atomic E-state index is -1.90. The summed E-state index contributed by atoms with van der Waals surface area (Å²) in [6.45, 7) is 4.36. The van der Waals surface area contributed by atoms with Crippen LogP contribution in [0.4, 0.5) is 4.79 Å². The Balaban J connectivity index is 1.44. The number of aryl methyl sites for hydroxylation is 1. The molecule has 12 nitrogen and oxygen atoms in total. The van der Waals surface area contributed by atoms with Gasteiger partial charge in [0.25, 0.3) is 11.3 Å². The summed E-state index contributed by atoms with van der Waals surface area (Å²) in [6, 6.07) is 17.5. The van der Waals surface area contributed by atoms with Gasteiger partial charge in [-0.2, -0.15) is 0 Å². The maximum Gasteiger partial charge on any atom is 0.509 e. The second-order valence-corrected chi connectivity index (χ2v) is 9.12. The van der Waals surface area contributed by atoms with Crippen LogP contribution in [-0.4, -0.2) is 45.9 Å². The minimum absolute atomic E-state index is 0.166. The van der Waals surface area contributed by atoms with Crippen molar-refractivity contribution in [1.82, 2.24) is 9.13 Å². The van der Waals surface area contributed by atoms with E-state index >= 15 is 0 Å². The fraction of sp³-hybridized carbons (Fsp3) is 0.286. The lowest BCUT2D eigenvalue weighted by Crippen LogP contribution is -2.48. The summed E-state index contributed by atoms with van der Waals surface area (Å²) >= 11 is 0. The van der Waals surface area contributed by atoms with Gasteiger partial charge >= 0.3 is 17.8 Å². The Morgan fingerprint density at radius 3 is 2.45 bits per heavy atom. The number of hydrogen-bond acceptors (Lipinski definition) is 10. The van der Waals surface area contributed by atoms with Gasteiger partial charge in [0.1, 0.15) is 6.73 Å². The van der Waals surface area contributed by atoms with E-state index in [4.69, 9.17) is 28.4 Å². The Kier molecular flexibility index (Phi) is 7.54. The maximum atomic E-state index is 13.5. The zero-order valence-electron chi connectivity index (χ0n) is 21.5. The molecule has 3 aromatic rings. The van der Waals surface area contributed by atoms with Crippen molar-refractivity contribution < 1.29 is 38.0 Å². The summed E-state index contributed by atoms with van der Waals surface area (Å²) in [5, 5.41) is 0. The molecule has 0 N–H and O–H groups in total. The monoisotopic (exact) mass is 550 g/mol. The lowest BCUT2D eigenvalue weighted by atomic mass is 10.1. The van der Waals surface area contributed by atoms with Crippen LogP contribution in [-0.2, 0) is 41.8 Å². The third-order valence-electron chi connectivity index (χ3n) is 6.46. The normalized spacial score (nSPS) is 23.1. The van der Waals surface area contributed by atoms with E-state index in [1.54, 1.807) is 30.3 Å². The first-order chi connectivity index (χ1) is 19.3. The molecule has 2 saturated heterocycles. The molecule has 1 unspecified atom stereocenters. The molecule has 40 heavy (non-hydrogen) atoms. The number of rotatable bonds is 10. The molecule has 2 aliphatic heterocycles. The summed E-state index contributed by atoms with van der Waals surface area (Å²) in [5.74, 6) is -2.58. The Hall–Kier alpha value is -4.68. The number of aromatic nitrogens is 2. The van der Waals surface area contributed by atoms with Gasteiger partial charge in [-0.3, -0.25) is 9.36 Å². The van der Waals surface area contributed by atoms with Crippen molar-refractivity contribution in [2.24, 2.45) is 0 Å². The van der Waals surface area contributed by atoms with Crippen LogP contribution >= 0.6 is 0 Å². The Bertz CT molecular complexity index is 1520. The van der Waals surface area contributed by atoms with E-state index in [1.807, 2.05) is 30.3 Å². The van der Waals surface area contributed by atoms with Crippen molar-refractivity contribution >= 4 is 12.1 Å². The molecule has 0 aliphatic carbocycles. The van der Waals surface area contributed by atoms with Crippen LogP contribution in [0.15, 0.2) is 89.3 Å². The van der Waals surface area contributed by atoms with E-state index in [9.17, 15) is 19.2 Å². The molecule has 2 aliphatic rings. The molecule has 4 atom stereocenters. The highest BCUT2D eigenvalue weighted by molar-refractivity contribution is 5.89. The van der Waals surface area contributed by atoms with Gasteiger partial charge in [-0.25, -0.2) is 19.0 Å². The molecule has 5 rings (SSSR count). The van der Waals surface area contributed by atoms with Gasteiger partial charge in [-0.1, -0.05) is 55.1 Å². The quantitative estimate of drug-likeness (QED) is 0.274. The van der Waals surface area contributed by atoms with Crippen molar-refractivity contribution in [3.8, 4) is 0 Å². The molecule has 12 heteroatoms. The summed E-state index contributed by atoms with van der Waals surface area (Å²) in [6.07, 6.45) is -2.44. The molecule has 2 fully saturated rings.